The molecule has 1 aliphatic rings. The normalized spacial score (nSPS) is 13.5. The third kappa shape index (κ3) is 4.55. The van der Waals surface area contributed by atoms with Crippen molar-refractivity contribution in [1.82, 2.24) is 9.55 Å². The molecular formula is C24H27N3O4S. The van der Waals surface area contributed by atoms with Crippen molar-refractivity contribution in [2.24, 2.45) is 0 Å². The van der Waals surface area contributed by atoms with E-state index in [9.17, 15) is 4.79 Å². The molecule has 1 N–H and O–H groups in total. The van der Waals surface area contributed by atoms with E-state index in [-0.39, 0.29) is 11.2 Å². The van der Waals surface area contributed by atoms with E-state index in [1.807, 2.05) is 56.4 Å². The summed E-state index contributed by atoms with van der Waals surface area (Å²) in [5.74, 6) is 2.03. The summed E-state index contributed by atoms with van der Waals surface area (Å²) in [6.07, 6.45) is 1.84. The Morgan fingerprint density at radius 3 is 2.75 bits per heavy atom. The number of hydrogen-bond donors (Lipinski definition) is 1. The van der Waals surface area contributed by atoms with E-state index < -0.39 is 0 Å². The number of ether oxygens (including phenoxy) is 3. The molecule has 168 valence electrons. The summed E-state index contributed by atoms with van der Waals surface area (Å²) in [6, 6.07) is 11.6. The maximum absolute atomic E-state index is 12.9. The quantitative estimate of drug-likeness (QED) is 0.519. The summed E-state index contributed by atoms with van der Waals surface area (Å²) in [4.78, 5) is 17.5. The zero-order valence-electron chi connectivity index (χ0n) is 18.7. The molecule has 3 aromatic rings. The number of aryl methyl sites for hydroxylation is 1. The zero-order valence-corrected chi connectivity index (χ0v) is 19.5. The molecule has 32 heavy (non-hydrogen) atoms. The molecule has 0 spiro atoms. The Kier molecular flexibility index (Phi) is 6.60. The maximum atomic E-state index is 12.9. The van der Waals surface area contributed by atoms with Gasteiger partial charge in [0.15, 0.2) is 16.7 Å². The van der Waals surface area contributed by atoms with Crippen molar-refractivity contribution < 1.29 is 19.0 Å². The zero-order chi connectivity index (χ0) is 22.7. The number of hydrogen-bond acceptors (Lipinski definition) is 6. The Morgan fingerprint density at radius 2 is 2.00 bits per heavy atom. The first kappa shape index (κ1) is 22.1. The van der Waals surface area contributed by atoms with Gasteiger partial charge >= 0.3 is 0 Å². The molecule has 0 saturated carbocycles. The van der Waals surface area contributed by atoms with Gasteiger partial charge < -0.3 is 24.1 Å². The van der Waals surface area contributed by atoms with Crippen molar-refractivity contribution in [2.45, 2.75) is 37.7 Å². The van der Waals surface area contributed by atoms with Crippen molar-refractivity contribution >= 4 is 23.4 Å². The fourth-order valence-electron chi connectivity index (χ4n) is 3.56. The molecule has 2 heterocycles. The van der Waals surface area contributed by atoms with Gasteiger partial charge in [-0.1, -0.05) is 17.8 Å². The number of thioether (sulfide) groups is 1. The maximum Gasteiger partial charge on any atom is 0.237 e. The Labute approximate surface area is 192 Å². The van der Waals surface area contributed by atoms with Gasteiger partial charge in [-0.2, -0.15) is 0 Å². The molecule has 1 aromatic heterocycles. The van der Waals surface area contributed by atoms with Crippen LogP contribution in [0.25, 0.3) is 11.3 Å². The van der Waals surface area contributed by atoms with Crippen LogP contribution in [0.2, 0.25) is 0 Å². The Morgan fingerprint density at radius 1 is 1.22 bits per heavy atom. The lowest BCUT2D eigenvalue weighted by molar-refractivity contribution is -0.115. The molecule has 1 unspecified atom stereocenters. The molecule has 0 radical (unpaired) electrons. The van der Waals surface area contributed by atoms with Crippen molar-refractivity contribution in [3.63, 3.8) is 0 Å². The second-order valence-corrected chi connectivity index (χ2v) is 8.79. The van der Waals surface area contributed by atoms with Crippen LogP contribution in [-0.2, 0) is 11.3 Å². The number of nitrogens with one attached hydrogen (secondary N) is 1. The first-order valence-electron chi connectivity index (χ1n) is 10.6. The smallest absolute Gasteiger partial charge is 0.237 e. The van der Waals surface area contributed by atoms with Gasteiger partial charge in [-0.25, -0.2) is 4.98 Å². The van der Waals surface area contributed by atoms with Crippen molar-refractivity contribution in [2.75, 3.05) is 25.6 Å². The number of amides is 1. The van der Waals surface area contributed by atoms with Crippen LogP contribution < -0.4 is 19.5 Å². The fourth-order valence-corrected chi connectivity index (χ4v) is 4.51. The van der Waals surface area contributed by atoms with Crippen LogP contribution >= 0.6 is 11.8 Å². The average molecular weight is 454 g/mol. The summed E-state index contributed by atoms with van der Waals surface area (Å²) < 4.78 is 18.8. The highest BCUT2D eigenvalue weighted by molar-refractivity contribution is 8.00. The van der Waals surface area contributed by atoms with Gasteiger partial charge in [0.2, 0.25) is 5.91 Å². The van der Waals surface area contributed by atoms with E-state index in [1.165, 1.54) is 11.8 Å². The van der Waals surface area contributed by atoms with E-state index in [1.54, 1.807) is 7.11 Å². The third-order valence-electron chi connectivity index (χ3n) is 5.24. The van der Waals surface area contributed by atoms with Crippen LogP contribution in [0.4, 0.5) is 5.69 Å². The van der Waals surface area contributed by atoms with E-state index in [2.05, 4.69) is 21.8 Å². The first-order valence-corrected chi connectivity index (χ1v) is 11.5. The van der Waals surface area contributed by atoms with Crippen molar-refractivity contribution in [3.8, 4) is 28.5 Å². The SMILES string of the molecule is CCn1c(-c2ccc3c(c2)OCCO3)cnc1SC(C)C(=O)Nc1cc(C)ccc1OC. The van der Waals surface area contributed by atoms with Gasteiger partial charge in [0, 0.05) is 12.1 Å². The average Bonchev–Trinajstić information content (AvgIpc) is 3.21. The predicted octanol–water partition coefficient (Wildman–Crippen LogP) is 4.78. The molecule has 4 rings (SSSR count). The lowest BCUT2D eigenvalue weighted by Gasteiger charge is -2.19. The van der Waals surface area contributed by atoms with Gasteiger partial charge in [0.1, 0.15) is 19.0 Å². The van der Waals surface area contributed by atoms with Crippen LogP contribution in [0.5, 0.6) is 17.2 Å². The molecule has 0 aliphatic carbocycles. The van der Waals surface area contributed by atoms with E-state index >= 15 is 0 Å². The number of benzene rings is 2. The molecule has 0 saturated heterocycles. The van der Waals surface area contributed by atoms with Crippen molar-refractivity contribution in [3.05, 3.63) is 48.2 Å². The molecule has 1 amide bonds. The van der Waals surface area contributed by atoms with Crippen LogP contribution in [0.1, 0.15) is 19.4 Å². The van der Waals surface area contributed by atoms with Gasteiger partial charge in [-0.3, -0.25) is 4.79 Å². The third-order valence-corrected chi connectivity index (χ3v) is 6.34. The molecule has 1 atom stereocenters. The van der Waals surface area contributed by atoms with E-state index in [0.29, 0.717) is 24.7 Å². The molecule has 0 fully saturated rings. The van der Waals surface area contributed by atoms with Gasteiger partial charge in [-0.05, 0) is 56.7 Å². The second kappa shape index (κ2) is 9.56. The highest BCUT2D eigenvalue weighted by Gasteiger charge is 2.21. The van der Waals surface area contributed by atoms with Crippen LogP contribution in [0.15, 0.2) is 47.8 Å². The molecule has 8 heteroatoms. The summed E-state index contributed by atoms with van der Waals surface area (Å²) in [6.45, 7) is 7.75. The van der Waals surface area contributed by atoms with E-state index in [4.69, 9.17) is 14.2 Å². The van der Waals surface area contributed by atoms with Gasteiger partial charge in [0.05, 0.1) is 29.9 Å². The predicted molar refractivity (Wildman–Crippen MR) is 126 cm³/mol. The number of carbonyl (C=O) groups excluding carboxylic acids is 1. The number of anilines is 1. The lowest BCUT2D eigenvalue weighted by atomic mass is 10.1. The molecule has 0 bridgehead atoms. The number of imidazole rings is 1. The summed E-state index contributed by atoms with van der Waals surface area (Å²) in [7, 11) is 1.59. The van der Waals surface area contributed by atoms with Crippen LogP contribution in [0.3, 0.4) is 0 Å². The highest BCUT2D eigenvalue weighted by atomic mass is 32.2. The van der Waals surface area contributed by atoms with E-state index in [0.717, 1.165) is 40.0 Å². The fraction of sp³-hybridized carbons (Fsp3) is 0.333. The lowest BCUT2D eigenvalue weighted by Crippen LogP contribution is -2.23. The number of nitrogens with zero attached hydrogens (tertiary/aromatic N) is 2. The number of rotatable bonds is 7. The largest absolute Gasteiger partial charge is 0.495 e. The number of fused-ring (bicyclic) bond motifs is 1. The van der Waals surface area contributed by atoms with Gasteiger partial charge in [0.25, 0.3) is 0 Å². The summed E-state index contributed by atoms with van der Waals surface area (Å²) in [5.41, 5.74) is 3.68. The minimum Gasteiger partial charge on any atom is -0.495 e. The molecular weight excluding hydrogens is 426 g/mol. The number of aromatic nitrogens is 2. The minimum absolute atomic E-state index is 0.106. The van der Waals surface area contributed by atoms with Crippen molar-refractivity contribution in [1.29, 1.82) is 0 Å². The monoisotopic (exact) mass is 453 g/mol. The molecule has 1 aliphatic heterocycles. The topological polar surface area (TPSA) is 74.6 Å². The van der Waals surface area contributed by atoms with Gasteiger partial charge in [-0.15, -0.1) is 0 Å². The number of carbonyl (C=O) groups is 1. The second-order valence-electron chi connectivity index (χ2n) is 7.48. The molecule has 2 aromatic carbocycles. The highest BCUT2D eigenvalue weighted by Crippen LogP contribution is 2.36. The Hall–Kier alpha value is -3.13. The van der Waals surface area contributed by atoms with Crippen LogP contribution in [0, 0.1) is 6.92 Å². The Bertz CT molecular complexity index is 1130. The minimum atomic E-state index is -0.346. The summed E-state index contributed by atoms with van der Waals surface area (Å²) >= 11 is 1.43. The standard InChI is InChI=1S/C24H27N3O4S/c1-5-27-19(17-7-9-21-22(13-17)31-11-10-30-21)14-25-24(27)32-16(3)23(28)26-18-12-15(2)6-8-20(18)29-4/h6-9,12-14,16H,5,10-11H2,1-4H3,(H,26,28). The van der Waals surface area contributed by atoms with Crippen LogP contribution in [-0.4, -0.2) is 41.0 Å². The molecule has 7 nitrogen and oxygen atoms in total. The first-order chi connectivity index (χ1) is 15.5. The summed E-state index contributed by atoms with van der Waals surface area (Å²) in [5, 5.41) is 3.42. The number of methoxy groups -OCH3 is 1. The Balaban J connectivity index is 1.52.